The Morgan fingerprint density at radius 3 is 2.17 bits per heavy atom. The lowest BCUT2D eigenvalue weighted by Crippen LogP contribution is -2.15. The van der Waals surface area contributed by atoms with Crippen LogP contribution in [0.3, 0.4) is 0 Å². The van der Waals surface area contributed by atoms with Gasteiger partial charge in [-0.15, -0.1) is 0 Å². The molecule has 0 aliphatic heterocycles. The van der Waals surface area contributed by atoms with Crippen LogP contribution < -0.4 is 0 Å². The molecule has 0 N–H and O–H groups in total. The molecule has 0 aromatic heterocycles. The standard InChI is InChI=1S/C8H18O3S/c1-7(5-8(2,3)4)6-11-12(9)10/h7,12H,5-6H2,1-4H3. The van der Waals surface area contributed by atoms with Gasteiger partial charge in [0.1, 0.15) is 0 Å². The predicted octanol–water partition coefficient (Wildman–Crippen LogP) is 1.60. The summed E-state index contributed by atoms with van der Waals surface area (Å²) in [6, 6.07) is 0. The minimum atomic E-state index is -2.67. The van der Waals surface area contributed by atoms with Crippen molar-refractivity contribution >= 4 is 11.0 Å². The number of hydrogen-bond acceptors (Lipinski definition) is 3. The minimum Gasteiger partial charge on any atom is -0.272 e. The van der Waals surface area contributed by atoms with Crippen molar-refractivity contribution in [1.29, 1.82) is 0 Å². The highest BCUT2D eigenvalue weighted by molar-refractivity contribution is 7.67. The molecular formula is C8H18O3S. The van der Waals surface area contributed by atoms with Gasteiger partial charge in [-0.25, -0.2) is 8.42 Å². The van der Waals surface area contributed by atoms with E-state index in [0.29, 0.717) is 6.61 Å². The summed E-state index contributed by atoms with van der Waals surface area (Å²) in [5.41, 5.74) is 0.233. The summed E-state index contributed by atoms with van der Waals surface area (Å²) < 4.78 is 24.7. The third kappa shape index (κ3) is 8.01. The fraction of sp³-hybridized carbons (Fsp3) is 1.00. The lowest BCUT2D eigenvalue weighted by molar-refractivity contribution is 0.217. The molecule has 0 bridgehead atoms. The van der Waals surface area contributed by atoms with Gasteiger partial charge in [0.2, 0.25) is 0 Å². The fourth-order valence-corrected chi connectivity index (χ4v) is 1.67. The Bertz CT molecular complexity index is 183. The molecule has 0 saturated carbocycles. The monoisotopic (exact) mass is 194 g/mol. The number of rotatable bonds is 4. The van der Waals surface area contributed by atoms with Gasteiger partial charge in [0.05, 0.1) is 6.61 Å². The Hall–Kier alpha value is -0.0900. The van der Waals surface area contributed by atoms with Gasteiger partial charge in [-0.1, -0.05) is 27.7 Å². The molecule has 1 unspecified atom stereocenters. The highest BCUT2D eigenvalue weighted by Crippen LogP contribution is 2.24. The molecule has 0 fully saturated rings. The van der Waals surface area contributed by atoms with Crippen molar-refractivity contribution in [3.63, 3.8) is 0 Å². The lowest BCUT2D eigenvalue weighted by Gasteiger charge is -2.22. The van der Waals surface area contributed by atoms with Crippen molar-refractivity contribution in [2.45, 2.75) is 34.1 Å². The van der Waals surface area contributed by atoms with E-state index in [1.54, 1.807) is 0 Å². The van der Waals surface area contributed by atoms with Gasteiger partial charge >= 0.3 is 0 Å². The van der Waals surface area contributed by atoms with Crippen LogP contribution in [0.1, 0.15) is 34.1 Å². The minimum absolute atomic E-state index is 0.233. The van der Waals surface area contributed by atoms with Crippen LogP contribution in [-0.2, 0) is 15.2 Å². The molecule has 0 aromatic carbocycles. The second-order valence-corrected chi connectivity index (χ2v) is 5.09. The van der Waals surface area contributed by atoms with Gasteiger partial charge in [0.25, 0.3) is 11.0 Å². The van der Waals surface area contributed by atoms with Gasteiger partial charge in [0.15, 0.2) is 0 Å². The predicted molar refractivity (Wildman–Crippen MR) is 49.5 cm³/mol. The first-order valence-electron chi connectivity index (χ1n) is 4.08. The average Bonchev–Trinajstić information content (AvgIpc) is 1.79. The van der Waals surface area contributed by atoms with Crippen LogP contribution in [0.25, 0.3) is 0 Å². The first-order valence-corrected chi connectivity index (χ1v) is 5.18. The molecule has 0 aromatic rings. The molecule has 12 heavy (non-hydrogen) atoms. The zero-order valence-electron chi connectivity index (χ0n) is 8.16. The first kappa shape index (κ1) is 11.9. The topological polar surface area (TPSA) is 43.4 Å². The highest BCUT2D eigenvalue weighted by atomic mass is 32.2. The Morgan fingerprint density at radius 2 is 1.83 bits per heavy atom. The maximum absolute atomic E-state index is 10.1. The molecule has 0 saturated heterocycles. The van der Waals surface area contributed by atoms with E-state index in [1.807, 2.05) is 6.92 Å². The van der Waals surface area contributed by atoms with Crippen LogP contribution in [0.4, 0.5) is 0 Å². The van der Waals surface area contributed by atoms with E-state index in [9.17, 15) is 8.42 Å². The molecule has 0 spiro atoms. The molecule has 0 heterocycles. The molecule has 0 amide bonds. The van der Waals surface area contributed by atoms with Crippen LogP contribution >= 0.6 is 0 Å². The molecule has 0 rings (SSSR count). The summed E-state index contributed by atoms with van der Waals surface area (Å²) in [5.74, 6) is 0.290. The Morgan fingerprint density at radius 1 is 1.33 bits per heavy atom. The van der Waals surface area contributed by atoms with Crippen LogP contribution in [0, 0.1) is 11.3 Å². The largest absolute Gasteiger partial charge is 0.272 e. The van der Waals surface area contributed by atoms with Gasteiger partial charge in [-0.2, -0.15) is 0 Å². The Balaban J connectivity index is 3.67. The molecule has 0 aliphatic rings. The molecule has 4 heteroatoms. The van der Waals surface area contributed by atoms with Crippen molar-refractivity contribution in [1.82, 2.24) is 0 Å². The van der Waals surface area contributed by atoms with Gasteiger partial charge < -0.3 is 0 Å². The molecular weight excluding hydrogens is 176 g/mol. The van der Waals surface area contributed by atoms with Crippen LogP contribution in [-0.4, -0.2) is 15.0 Å². The first-order chi connectivity index (χ1) is 5.31. The average molecular weight is 194 g/mol. The van der Waals surface area contributed by atoms with E-state index in [-0.39, 0.29) is 11.3 Å². The molecule has 0 aliphatic carbocycles. The van der Waals surface area contributed by atoms with E-state index in [4.69, 9.17) is 0 Å². The maximum Gasteiger partial charge on any atom is 0.257 e. The summed E-state index contributed by atoms with van der Waals surface area (Å²) in [4.78, 5) is 0. The molecule has 3 nitrogen and oxygen atoms in total. The van der Waals surface area contributed by atoms with E-state index >= 15 is 0 Å². The van der Waals surface area contributed by atoms with Crippen molar-refractivity contribution < 1.29 is 12.6 Å². The quantitative estimate of drug-likeness (QED) is 0.691. The van der Waals surface area contributed by atoms with Crippen LogP contribution in [0.5, 0.6) is 0 Å². The summed E-state index contributed by atoms with van der Waals surface area (Å²) in [5, 5.41) is 0. The third-order valence-corrected chi connectivity index (χ3v) is 1.79. The van der Waals surface area contributed by atoms with Crippen molar-refractivity contribution in [2.24, 2.45) is 11.3 Å². The van der Waals surface area contributed by atoms with Gasteiger partial charge in [-0.05, 0) is 17.8 Å². The zero-order chi connectivity index (χ0) is 9.78. The lowest BCUT2D eigenvalue weighted by atomic mass is 9.86. The van der Waals surface area contributed by atoms with Crippen LogP contribution in [0.15, 0.2) is 0 Å². The van der Waals surface area contributed by atoms with Crippen LogP contribution in [0.2, 0.25) is 0 Å². The molecule has 74 valence electrons. The fourth-order valence-electron chi connectivity index (χ4n) is 1.29. The summed E-state index contributed by atoms with van der Waals surface area (Å²) in [6.45, 7) is 8.67. The Labute approximate surface area is 76.3 Å². The van der Waals surface area contributed by atoms with Crippen molar-refractivity contribution in [2.75, 3.05) is 6.61 Å². The SMILES string of the molecule is CC(CO[SH](=O)=O)CC(C)(C)C. The second-order valence-electron chi connectivity index (χ2n) is 4.39. The van der Waals surface area contributed by atoms with E-state index < -0.39 is 11.0 Å². The smallest absolute Gasteiger partial charge is 0.257 e. The molecule has 0 radical (unpaired) electrons. The van der Waals surface area contributed by atoms with E-state index in [2.05, 4.69) is 25.0 Å². The summed E-state index contributed by atoms with van der Waals surface area (Å²) in [7, 11) is -2.67. The number of hydrogen-bond donors (Lipinski definition) is 1. The highest BCUT2D eigenvalue weighted by Gasteiger charge is 2.15. The van der Waals surface area contributed by atoms with E-state index in [0.717, 1.165) is 6.42 Å². The second kappa shape index (κ2) is 4.82. The van der Waals surface area contributed by atoms with Crippen molar-refractivity contribution in [3.05, 3.63) is 0 Å². The third-order valence-electron chi connectivity index (χ3n) is 1.43. The maximum atomic E-state index is 10.1. The zero-order valence-corrected chi connectivity index (χ0v) is 9.06. The van der Waals surface area contributed by atoms with Crippen molar-refractivity contribution in [3.8, 4) is 0 Å². The van der Waals surface area contributed by atoms with Gasteiger partial charge in [-0.3, -0.25) is 4.18 Å². The normalized spacial score (nSPS) is 15.1. The summed E-state index contributed by atoms with van der Waals surface area (Å²) >= 11 is 0. The number of thiol groups is 1. The summed E-state index contributed by atoms with van der Waals surface area (Å²) in [6.07, 6.45) is 0.968. The van der Waals surface area contributed by atoms with Gasteiger partial charge in [0, 0.05) is 0 Å². The van der Waals surface area contributed by atoms with E-state index in [1.165, 1.54) is 0 Å². The Kier molecular flexibility index (Phi) is 4.78. The molecule has 1 atom stereocenters.